The molecular weight excluding hydrogens is 358 g/mol. The van der Waals surface area contributed by atoms with Crippen LogP contribution in [0.1, 0.15) is 12.5 Å². The van der Waals surface area contributed by atoms with Crippen molar-refractivity contribution in [3.8, 4) is 11.4 Å². The Hall–Kier alpha value is -2.74. The number of hydrogen-bond acceptors (Lipinski definition) is 4. The van der Waals surface area contributed by atoms with Gasteiger partial charge >= 0.3 is 0 Å². The average molecular weight is 374 g/mol. The fourth-order valence-electron chi connectivity index (χ4n) is 2.29. The third-order valence-electron chi connectivity index (χ3n) is 3.58. The molecule has 0 spiro atoms. The summed E-state index contributed by atoms with van der Waals surface area (Å²) in [5, 5.41) is 9.76. The van der Waals surface area contributed by atoms with Gasteiger partial charge in [-0.25, -0.2) is 13.8 Å². The van der Waals surface area contributed by atoms with Gasteiger partial charge in [0.15, 0.2) is 5.82 Å². The van der Waals surface area contributed by atoms with Gasteiger partial charge in [0.25, 0.3) is 0 Å². The molecule has 0 radical (unpaired) electrons. The fourth-order valence-corrected chi connectivity index (χ4v) is 2.89. The first-order valence-corrected chi connectivity index (χ1v) is 8.92. The van der Waals surface area contributed by atoms with E-state index < -0.39 is 17.5 Å². The molecule has 3 aromatic rings. The zero-order chi connectivity index (χ0) is 18.5. The molecule has 0 saturated heterocycles. The van der Waals surface area contributed by atoms with E-state index in [1.54, 1.807) is 0 Å². The second-order valence-corrected chi connectivity index (χ2v) is 6.45. The maximum absolute atomic E-state index is 13.1. The molecule has 1 amide bonds. The number of carbonyl (C=O) groups excluding carboxylic acids is 1. The molecule has 2 aromatic carbocycles. The number of halogens is 2. The van der Waals surface area contributed by atoms with Crippen LogP contribution in [0, 0.1) is 11.6 Å². The number of aromatic amines is 1. The zero-order valence-electron chi connectivity index (χ0n) is 13.9. The number of rotatable bonds is 6. The molecule has 5 nitrogen and oxygen atoms in total. The van der Waals surface area contributed by atoms with Gasteiger partial charge in [0.05, 0.1) is 5.75 Å². The van der Waals surface area contributed by atoms with Gasteiger partial charge in [-0.2, -0.15) is 0 Å². The predicted octanol–water partition coefficient (Wildman–Crippen LogP) is 4.04. The molecule has 8 heteroatoms. The maximum atomic E-state index is 13.1. The van der Waals surface area contributed by atoms with Crippen LogP contribution in [-0.4, -0.2) is 26.8 Å². The van der Waals surface area contributed by atoms with E-state index in [9.17, 15) is 13.6 Å². The number of benzene rings is 2. The van der Waals surface area contributed by atoms with Gasteiger partial charge < -0.3 is 5.32 Å². The minimum atomic E-state index is -0.749. The van der Waals surface area contributed by atoms with Crippen LogP contribution >= 0.6 is 11.8 Å². The molecule has 0 fully saturated rings. The van der Waals surface area contributed by atoms with E-state index in [4.69, 9.17) is 0 Å². The van der Waals surface area contributed by atoms with Crippen LogP contribution in [0.2, 0.25) is 0 Å². The van der Waals surface area contributed by atoms with Crippen molar-refractivity contribution in [2.24, 2.45) is 0 Å². The van der Waals surface area contributed by atoms with Crippen LogP contribution in [0.3, 0.4) is 0 Å². The van der Waals surface area contributed by atoms with Gasteiger partial charge in [-0.05, 0) is 24.1 Å². The summed E-state index contributed by atoms with van der Waals surface area (Å²) in [5.41, 5.74) is 2.20. The van der Waals surface area contributed by atoms with Gasteiger partial charge in [0, 0.05) is 17.3 Å². The van der Waals surface area contributed by atoms with E-state index >= 15 is 0 Å². The van der Waals surface area contributed by atoms with Crippen LogP contribution in [0.4, 0.5) is 14.5 Å². The smallest absolute Gasteiger partial charge is 0.234 e. The molecule has 0 atom stereocenters. The van der Waals surface area contributed by atoms with Crippen molar-refractivity contribution in [2.45, 2.75) is 18.5 Å². The Kier molecular flexibility index (Phi) is 5.62. The zero-order valence-corrected chi connectivity index (χ0v) is 14.7. The van der Waals surface area contributed by atoms with Crippen LogP contribution in [0.5, 0.6) is 0 Å². The Bertz CT molecular complexity index is 892. The quantitative estimate of drug-likeness (QED) is 0.639. The maximum Gasteiger partial charge on any atom is 0.234 e. The van der Waals surface area contributed by atoms with Gasteiger partial charge in [-0.3, -0.25) is 9.89 Å². The molecule has 0 unspecified atom stereocenters. The Morgan fingerprint density at radius 2 is 1.85 bits per heavy atom. The minimum Gasteiger partial charge on any atom is -0.325 e. The number of hydrogen-bond donors (Lipinski definition) is 2. The van der Waals surface area contributed by atoms with Gasteiger partial charge in [0.2, 0.25) is 11.1 Å². The van der Waals surface area contributed by atoms with Crippen molar-refractivity contribution in [3.05, 3.63) is 59.7 Å². The molecule has 0 aliphatic rings. The summed E-state index contributed by atoms with van der Waals surface area (Å²) >= 11 is 1.13. The summed E-state index contributed by atoms with van der Waals surface area (Å²) in [6.07, 6.45) is 0.960. The molecule has 0 bridgehead atoms. The number of amides is 1. The summed E-state index contributed by atoms with van der Waals surface area (Å²) in [6, 6.07) is 10.8. The molecule has 3 rings (SSSR count). The average Bonchev–Trinajstić information content (AvgIpc) is 3.08. The van der Waals surface area contributed by atoms with Gasteiger partial charge in [-0.1, -0.05) is 43.0 Å². The van der Waals surface area contributed by atoms with E-state index in [0.717, 1.165) is 41.9 Å². The number of aryl methyl sites for hydroxylation is 1. The lowest BCUT2D eigenvalue weighted by atomic mass is 10.1. The van der Waals surface area contributed by atoms with Crippen LogP contribution in [0.15, 0.2) is 47.6 Å². The standard InChI is InChI=1S/C18H16F2N4OS/c1-2-11-3-5-12(6-4-11)17-22-18(24-23-17)26-10-16(25)21-15-8-13(19)7-14(20)9-15/h3-9H,2,10H2,1H3,(H,21,25)(H,22,23,24). The molecule has 0 aliphatic carbocycles. The summed E-state index contributed by atoms with van der Waals surface area (Å²) in [6.45, 7) is 2.08. The third kappa shape index (κ3) is 4.66. The Morgan fingerprint density at radius 1 is 1.15 bits per heavy atom. The highest BCUT2D eigenvalue weighted by atomic mass is 32.2. The van der Waals surface area contributed by atoms with Crippen molar-refractivity contribution in [3.63, 3.8) is 0 Å². The molecule has 134 valence electrons. The largest absolute Gasteiger partial charge is 0.325 e. The number of carbonyl (C=O) groups is 1. The normalized spacial score (nSPS) is 10.7. The summed E-state index contributed by atoms with van der Waals surface area (Å²) in [7, 11) is 0. The second kappa shape index (κ2) is 8.09. The molecule has 26 heavy (non-hydrogen) atoms. The number of anilines is 1. The Balaban J connectivity index is 1.57. The first-order chi connectivity index (χ1) is 12.5. The van der Waals surface area contributed by atoms with Gasteiger partial charge in [-0.15, -0.1) is 5.10 Å². The minimum absolute atomic E-state index is 0.0181. The molecule has 2 N–H and O–H groups in total. The van der Waals surface area contributed by atoms with E-state index in [2.05, 4.69) is 27.4 Å². The number of thioether (sulfide) groups is 1. The van der Waals surface area contributed by atoms with Crippen molar-refractivity contribution in [1.82, 2.24) is 15.2 Å². The molecule has 0 aliphatic heterocycles. The summed E-state index contributed by atoms with van der Waals surface area (Å²) in [4.78, 5) is 16.3. The lowest BCUT2D eigenvalue weighted by Crippen LogP contribution is -2.14. The second-order valence-electron chi connectivity index (χ2n) is 5.51. The third-order valence-corrected chi connectivity index (χ3v) is 4.43. The highest BCUT2D eigenvalue weighted by Gasteiger charge is 2.10. The highest BCUT2D eigenvalue weighted by Crippen LogP contribution is 2.20. The predicted molar refractivity (Wildman–Crippen MR) is 96.9 cm³/mol. The van der Waals surface area contributed by atoms with E-state index in [0.29, 0.717) is 11.0 Å². The van der Waals surface area contributed by atoms with Crippen molar-refractivity contribution < 1.29 is 13.6 Å². The SMILES string of the molecule is CCc1ccc(-c2nc(SCC(=O)Nc3cc(F)cc(F)c3)n[nH]2)cc1. The first-order valence-electron chi connectivity index (χ1n) is 7.94. The molecule has 0 saturated carbocycles. The molecule has 1 heterocycles. The van der Waals surface area contributed by atoms with Crippen LogP contribution < -0.4 is 5.32 Å². The van der Waals surface area contributed by atoms with E-state index in [-0.39, 0.29) is 11.4 Å². The van der Waals surface area contributed by atoms with E-state index in [1.165, 1.54) is 5.56 Å². The number of aromatic nitrogens is 3. The summed E-state index contributed by atoms with van der Waals surface area (Å²) < 4.78 is 26.2. The fraction of sp³-hybridized carbons (Fsp3) is 0.167. The van der Waals surface area contributed by atoms with E-state index in [1.807, 2.05) is 24.3 Å². The van der Waals surface area contributed by atoms with Crippen LogP contribution in [-0.2, 0) is 11.2 Å². The molecule has 1 aromatic heterocycles. The summed E-state index contributed by atoms with van der Waals surface area (Å²) in [5.74, 6) is -1.27. The Morgan fingerprint density at radius 3 is 2.50 bits per heavy atom. The Labute approximate surface area is 153 Å². The number of nitrogens with zero attached hydrogens (tertiary/aromatic N) is 2. The van der Waals surface area contributed by atoms with Crippen molar-refractivity contribution in [2.75, 3.05) is 11.1 Å². The number of H-pyrrole nitrogens is 1. The number of nitrogens with one attached hydrogen (secondary N) is 2. The van der Waals surface area contributed by atoms with Crippen LogP contribution in [0.25, 0.3) is 11.4 Å². The molecular formula is C18H16F2N4OS. The monoisotopic (exact) mass is 374 g/mol. The van der Waals surface area contributed by atoms with Crippen molar-refractivity contribution >= 4 is 23.4 Å². The lowest BCUT2D eigenvalue weighted by Gasteiger charge is -2.04. The topological polar surface area (TPSA) is 70.7 Å². The lowest BCUT2D eigenvalue weighted by molar-refractivity contribution is -0.113. The van der Waals surface area contributed by atoms with Gasteiger partial charge in [0.1, 0.15) is 11.6 Å². The first kappa shape index (κ1) is 18.1. The van der Waals surface area contributed by atoms with Crippen molar-refractivity contribution in [1.29, 1.82) is 0 Å². The highest BCUT2D eigenvalue weighted by molar-refractivity contribution is 7.99.